The van der Waals surface area contributed by atoms with Gasteiger partial charge in [-0.3, -0.25) is 9.69 Å². The van der Waals surface area contributed by atoms with Crippen molar-refractivity contribution in [2.45, 2.75) is 52.3 Å². The summed E-state index contributed by atoms with van der Waals surface area (Å²) in [5, 5.41) is 2.79. The molecule has 1 saturated heterocycles. The molecule has 0 saturated carbocycles. The van der Waals surface area contributed by atoms with Gasteiger partial charge in [-0.15, -0.1) is 0 Å². The molecule has 0 aromatic rings. The molecule has 0 bridgehead atoms. The third kappa shape index (κ3) is 5.06. The van der Waals surface area contributed by atoms with Gasteiger partial charge in [-0.25, -0.2) is 4.79 Å². The van der Waals surface area contributed by atoms with Crippen LogP contribution in [0, 0.1) is 0 Å². The lowest BCUT2D eigenvalue weighted by Crippen LogP contribution is -2.57. The van der Waals surface area contributed by atoms with Crippen molar-refractivity contribution in [3.63, 3.8) is 0 Å². The van der Waals surface area contributed by atoms with Crippen molar-refractivity contribution >= 4 is 12.0 Å². The van der Waals surface area contributed by atoms with E-state index in [2.05, 4.69) is 5.32 Å². The largest absolute Gasteiger partial charge is 0.444 e. The number of carbonyl (C=O) groups is 2. The lowest BCUT2D eigenvalue weighted by atomic mass is 10.2. The first-order valence-corrected chi connectivity index (χ1v) is 6.58. The van der Waals surface area contributed by atoms with Crippen LogP contribution >= 0.6 is 0 Å². The van der Waals surface area contributed by atoms with E-state index in [1.807, 2.05) is 13.8 Å². The van der Waals surface area contributed by atoms with Gasteiger partial charge in [-0.1, -0.05) is 0 Å². The van der Waals surface area contributed by atoms with Crippen LogP contribution in [0.4, 0.5) is 4.79 Å². The summed E-state index contributed by atoms with van der Waals surface area (Å²) in [6, 6.07) is -0.596. The van der Waals surface area contributed by atoms with Gasteiger partial charge >= 0.3 is 6.09 Å². The molecule has 0 radical (unpaired) electrons. The molecule has 6 heteroatoms. The maximum absolute atomic E-state index is 12.1. The predicted molar refractivity (Wildman–Crippen MR) is 70.8 cm³/mol. The minimum absolute atomic E-state index is 0.0231. The van der Waals surface area contributed by atoms with Crippen molar-refractivity contribution in [2.24, 2.45) is 0 Å². The van der Waals surface area contributed by atoms with E-state index in [0.29, 0.717) is 13.2 Å². The maximum atomic E-state index is 12.1. The summed E-state index contributed by atoms with van der Waals surface area (Å²) in [4.78, 5) is 25.6. The van der Waals surface area contributed by atoms with Gasteiger partial charge in [-0.2, -0.15) is 0 Å². The minimum atomic E-state index is -0.619. The Morgan fingerprint density at radius 3 is 2.53 bits per heavy atom. The number of carbonyl (C=O) groups excluding carboxylic acids is 2. The summed E-state index contributed by atoms with van der Waals surface area (Å²) < 4.78 is 10.6. The smallest absolute Gasteiger partial charge is 0.411 e. The highest BCUT2D eigenvalue weighted by Crippen LogP contribution is 2.14. The molecule has 1 atom stereocenters. The second-order valence-corrected chi connectivity index (χ2v) is 5.93. The number of hydrogen-bond donors (Lipinski definition) is 1. The van der Waals surface area contributed by atoms with E-state index in [0.717, 1.165) is 0 Å². The normalized spacial score (nSPS) is 20.3. The van der Waals surface area contributed by atoms with Crippen molar-refractivity contribution in [3.8, 4) is 0 Å². The molecule has 0 aromatic carbocycles. The Hall–Kier alpha value is -1.30. The molecule has 0 aliphatic carbocycles. The number of nitrogens with zero attached hydrogens (tertiary/aromatic N) is 1. The van der Waals surface area contributed by atoms with Gasteiger partial charge in [0.15, 0.2) is 0 Å². The third-order valence-corrected chi connectivity index (χ3v) is 2.49. The second-order valence-electron chi connectivity index (χ2n) is 5.93. The van der Waals surface area contributed by atoms with Crippen molar-refractivity contribution in [1.29, 1.82) is 0 Å². The van der Waals surface area contributed by atoms with Crippen LogP contribution < -0.4 is 5.32 Å². The molecule has 0 spiro atoms. The monoisotopic (exact) mass is 272 g/mol. The Kier molecular flexibility index (Phi) is 5.17. The standard InChI is InChI=1S/C13H24N2O4/c1-9(2)14-11(16)10-8-18-7-6-15(10)12(17)19-13(3,4)5/h9-10H,6-8H2,1-5H3,(H,14,16). The highest BCUT2D eigenvalue weighted by atomic mass is 16.6. The Balaban J connectivity index is 2.72. The van der Waals surface area contributed by atoms with Crippen LogP contribution in [0.3, 0.4) is 0 Å². The fourth-order valence-electron chi connectivity index (χ4n) is 1.74. The Morgan fingerprint density at radius 1 is 1.37 bits per heavy atom. The molecule has 1 rings (SSSR count). The van der Waals surface area contributed by atoms with Gasteiger partial charge in [0.05, 0.1) is 13.2 Å². The minimum Gasteiger partial charge on any atom is -0.444 e. The fraction of sp³-hybridized carbons (Fsp3) is 0.846. The highest BCUT2D eigenvalue weighted by molar-refractivity contribution is 5.86. The van der Waals surface area contributed by atoms with Gasteiger partial charge in [0.1, 0.15) is 11.6 Å². The van der Waals surface area contributed by atoms with Crippen LogP contribution in [0.15, 0.2) is 0 Å². The molecule has 110 valence electrons. The predicted octanol–water partition coefficient (Wildman–Crippen LogP) is 1.15. The van der Waals surface area contributed by atoms with Crippen LogP contribution in [-0.4, -0.2) is 54.3 Å². The number of amides is 2. The van der Waals surface area contributed by atoms with Crippen LogP contribution in [0.2, 0.25) is 0 Å². The van der Waals surface area contributed by atoms with Crippen LogP contribution in [0.5, 0.6) is 0 Å². The zero-order chi connectivity index (χ0) is 14.6. The first-order chi connectivity index (χ1) is 8.70. The maximum Gasteiger partial charge on any atom is 0.411 e. The quantitative estimate of drug-likeness (QED) is 0.818. The number of nitrogens with one attached hydrogen (secondary N) is 1. The van der Waals surface area contributed by atoms with E-state index in [1.54, 1.807) is 20.8 Å². The summed E-state index contributed by atoms with van der Waals surface area (Å²) in [6.45, 7) is 10.1. The molecule has 2 amide bonds. The highest BCUT2D eigenvalue weighted by Gasteiger charge is 2.35. The van der Waals surface area contributed by atoms with Gasteiger partial charge < -0.3 is 14.8 Å². The molecular weight excluding hydrogens is 248 g/mol. The molecular formula is C13H24N2O4. The Morgan fingerprint density at radius 2 is 2.00 bits per heavy atom. The summed E-state index contributed by atoms with van der Waals surface area (Å²) in [5.41, 5.74) is -0.575. The molecule has 1 unspecified atom stereocenters. The average molecular weight is 272 g/mol. The van der Waals surface area contributed by atoms with Crippen LogP contribution in [-0.2, 0) is 14.3 Å². The summed E-state index contributed by atoms with van der Waals surface area (Å²) in [5.74, 6) is -0.208. The number of rotatable bonds is 2. The SMILES string of the molecule is CC(C)NC(=O)C1COCCN1C(=O)OC(C)(C)C. The van der Waals surface area contributed by atoms with E-state index < -0.39 is 17.7 Å². The van der Waals surface area contributed by atoms with Crippen molar-refractivity contribution in [1.82, 2.24) is 10.2 Å². The van der Waals surface area contributed by atoms with Gasteiger partial charge in [0.25, 0.3) is 0 Å². The van der Waals surface area contributed by atoms with E-state index in [1.165, 1.54) is 4.90 Å². The first-order valence-electron chi connectivity index (χ1n) is 6.58. The Labute approximate surface area is 114 Å². The fourth-order valence-corrected chi connectivity index (χ4v) is 1.74. The van der Waals surface area contributed by atoms with E-state index >= 15 is 0 Å². The summed E-state index contributed by atoms with van der Waals surface area (Å²) in [6.07, 6.45) is -0.472. The molecule has 1 heterocycles. The van der Waals surface area contributed by atoms with Crippen molar-refractivity contribution in [2.75, 3.05) is 19.8 Å². The zero-order valence-corrected chi connectivity index (χ0v) is 12.4. The third-order valence-electron chi connectivity index (χ3n) is 2.49. The van der Waals surface area contributed by atoms with Gasteiger partial charge in [0.2, 0.25) is 5.91 Å². The lowest BCUT2D eigenvalue weighted by molar-refractivity contribution is -0.132. The number of hydrogen-bond acceptors (Lipinski definition) is 4. The van der Waals surface area contributed by atoms with E-state index in [4.69, 9.17) is 9.47 Å². The molecule has 19 heavy (non-hydrogen) atoms. The van der Waals surface area contributed by atoms with Crippen LogP contribution in [0.1, 0.15) is 34.6 Å². The topological polar surface area (TPSA) is 67.9 Å². The molecule has 6 nitrogen and oxygen atoms in total. The summed E-state index contributed by atoms with van der Waals surface area (Å²) >= 11 is 0. The average Bonchev–Trinajstić information content (AvgIpc) is 2.25. The van der Waals surface area contributed by atoms with Gasteiger partial charge in [0, 0.05) is 12.6 Å². The van der Waals surface area contributed by atoms with E-state index in [-0.39, 0.29) is 18.6 Å². The summed E-state index contributed by atoms with van der Waals surface area (Å²) in [7, 11) is 0. The second kappa shape index (κ2) is 6.23. The molecule has 1 fully saturated rings. The molecule has 1 aliphatic rings. The molecule has 0 aromatic heterocycles. The van der Waals surface area contributed by atoms with Crippen LogP contribution in [0.25, 0.3) is 0 Å². The first kappa shape index (κ1) is 15.8. The lowest BCUT2D eigenvalue weighted by Gasteiger charge is -2.35. The van der Waals surface area contributed by atoms with Crippen molar-refractivity contribution in [3.05, 3.63) is 0 Å². The molecule has 1 aliphatic heterocycles. The number of morpholine rings is 1. The van der Waals surface area contributed by atoms with E-state index in [9.17, 15) is 9.59 Å². The molecule has 1 N–H and O–H groups in total. The Bertz CT molecular complexity index is 336. The number of ether oxygens (including phenoxy) is 2. The van der Waals surface area contributed by atoms with Crippen molar-refractivity contribution < 1.29 is 19.1 Å². The van der Waals surface area contributed by atoms with Gasteiger partial charge in [-0.05, 0) is 34.6 Å². The zero-order valence-electron chi connectivity index (χ0n) is 12.4.